The molecule has 1 aromatic heterocycles. The Kier molecular flexibility index (Phi) is 5.95. The minimum atomic E-state index is -0.799. The molecular weight excluding hydrogens is 395 g/mol. The van der Waals surface area contributed by atoms with E-state index in [0.29, 0.717) is 11.4 Å². The molecule has 0 aliphatic rings. The Balaban J connectivity index is 2.13. The zero-order valence-corrected chi connectivity index (χ0v) is 16.5. The van der Waals surface area contributed by atoms with Gasteiger partial charge in [-0.2, -0.15) is 4.68 Å². The van der Waals surface area contributed by atoms with Crippen LogP contribution in [0.15, 0.2) is 52.1 Å². The summed E-state index contributed by atoms with van der Waals surface area (Å²) in [5.41, 5.74) is -0.759. The van der Waals surface area contributed by atoms with E-state index in [2.05, 4.69) is 10.4 Å². The molecule has 0 aliphatic heterocycles. The molecule has 0 saturated carbocycles. The zero-order valence-electron chi connectivity index (χ0n) is 16.5. The topological polar surface area (TPSA) is 104 Å². The van der Waals surface area contributed by atoms with E-state index < -0.39 is 17.1 Å². The Labute approximate surface area is 170 Å². The maximum absolute atomic E-state index is 14.4. The Bertz CT molecular complexity index is 1220. The number of aromatic nitrogens is 3. The summed E-state index contributed by atoms with van der Waals surface area (Å²) < 4.78 is 26.1. The van der Waals surface area contributed by atoms with E-state index >= 15 is 0 Å². The summed E-state index contributed by atoms with van der Waals surface area (Å²) in [6.07, 6.45) is 0. The van der Waals surface area contributed by atoms with Gasteiger partial charge in [0.25, 0.3) is 5.88 Å². The summed E-state index contributed by atoms with van der Waals surface area (Å²) >= 11 is 0. The zero-order chi connectivity index (χ0) is 21.8. The molecule has 0 fully saturated rings. The Morgan fingerprint density at radius 3 is 2.53 bits per heavy atom. The minimum absolute atomic E-state index is 0.113. The van der Waals surface area contributed by atoms with Gasteiger partial charge < -0.3 is 14.8 Å². The number of carbonyl (C=O) groups is 1. The molecule has 156 valence electrons. The molecule has 9 nitrogen and oxygen atoms in total. The van der Waals surface area contributed by atoms with E-state index in [0.717, 1.165) is 15.3 Å². The number of hydrogen-bond donors (Lipinski definition) is 1. The average molecular weight is 414 g/mol. The van der Waals surface area contributed by atoms with Crippen molar-refractivity contribution in [2.45, 2.75) is 13.5 Å². The first-order valence-corrected chi connectivity index (χ1v) is 8.82. The van der Waals surface area contributed by atoms with Crippen LogP contribution in [0.4, 0.5) is 10.1 Å². The van der Waals surface area contributed by atoms with Gasteiger partial charge in [0, 0.05) is 24.2 Å². The summed E-state index contributed by atoms with van der Waals surface area (Å²) in [5.74, 6) is -0.947. The summed E-state index contributed by atoms with van der Waals surface area (Å²) in [5, 5.41) is 6.56. The standard InChI is InChI=1S/C20H19FN4O5/c1-12(26)22-14-5-4-6-15(9-14)25-20(28)24(19(27)18(23-25)30-3)11-13-7-8-16(29-2)10-17(13)21/h4-10H,11H2,1-3H3,(H,22,26). The molecule has 1 amide bonds. The third kappa shape index (κ3) is 4.22. The van der Waals surface area contributed by atoms with Crippen LogP contribution in [0.1, 0.15) is 12.5 Å². The molecule has 0 atom stereocenters. The van der Waals surface area contributed by atoms with Crippen molar-refractivity contribution in [2.24, 2.45) is 0 Å². The fourth-order valence-corrected chi connectivity index (χ4v) is 2.80. The Hall–Kier alpha value is -3.95. The van der Waals surface area contributed by atoms with Crippen LogP contribution in [-0.4, -0.2) is 34.5 Å². The van der Waals surface area contributed by atoms with Crippen molar-refractivity contribution >= 4 is 11.6 Å². The highest BCUT2D eigenvalue weighted by Gasteiger charge is 2.17. The van der Waals surface area contributed by atoms with Crippen LogP contribution in [0.2, 0.25) is 0 Å². The van der Waals surface area contributed by atoms with Gasteiger partial charge >= 0.3 is 11.2 Å². The molecule has 1 N–H and O–H groups in total. The lowest BCUT2D eigenvalue weighted by molar-refractivity contribution is -0.114. The largest absolute Gasteiger partial charge is 0.497 e. The molecule has 10 heteroatoms. The van der Waals surface area contributed by atoms with E-state index in [1.54, 1.807) is 18.2 Å². The second kappa shape index (κ2) is 8.60. The molecule has 3 aromatic rings. The lowest BCUT2D eigenvalue weighted by atomic mass is 10.2. The molecular formula is C20H19FN4O5. The number of hydrogen-bond acceptors (Lipinski definition) is 6. The van der Waals surface area contributed by atoms with Crippen molar-refractivity contribution in [3.05, 3.63) is 74.7 Å². The lowest BCUT2D eigenvalue weighted by Gasteiger charge is -2.13. The first kappa shape index (κ1) is 20.8. The van der Waals surface area contributed by atoms with Gasteiger partial charge in [-0.15, -0.1) is 5.10 Å². The van der Waals surface area contributed by atoms with E-state index in [1.807, 2.05) is 0 Å². The predicted octanol–water partition coefficient (Wildman–Crippen LogP) is 1.56. The second-order valence-corrected chi connectivity index (χ2v) is 6.28. The lowest BCUT2D eigenvalue weighted by Crippen LogP contribution is -2.41. The van der Waals surface area contributed by atoms with Crippen LogP contribution < -0.4 is 26.0 Å². The van der Waals surface area contributed by atoms with Gasteiger partial charge in [0.15, 0.2) is 0 Å². The van der Waals surface area contributed by atoms with E-state index in [-0.39, 0.29) is 29.6 Å². The second-order valence-electron chi connectivity index (χ2n) is 6.28. The van der Waals surface area contributed by atoms with Crippen LogP contribution >= 0.6 is 0 Å². The normalized spacial score (nSPS) is 10.5. The number of nitrogens with one attached hydrogen (secondary N) is 1. The fourth-order valence-electron chi connectivity index (χ4n) is 2.80. The van der Waals surface area contributed by atoms with E-state index in [1.165, 1.54) is 39.3 Å². The number of ether oxygens (including phenoxy) is 2. The van der Waals surface area contributed by atoms with Crippen molar-refractivity contribution in [3.63, 3.8) is 0 Å². The Morgan fingerprint density at radius 1 is 1.13 bits per heavy atom. The third-order valence-corrected chi connectivity index (χ3v) is 4.22. The number of carbonyl (C=O) groups excluding carboxylic acids is 1. The van der Waals surface area contributed by atoms with Gasteiger partial charge in [0.1, 0.15) is 11.6 Å². The van der Waals surface area contributed by atoms with E-state index in [4.69, 9.17) is 9.47 Å². The van der Waals surface area contributed by atoms with Gasteiger partial charge in [0.2, 0.25) is 5.91 Å². The molecule has 0 saturated heterocycles. The highest BCUT2D eigenvalue weighted by Crippen LogP contribution is 2.17. The fraction of sp³-hybridized carbons (Fsp3) is 0.200. The number of halogens is 1. The van der Waals surface area contributed by atoms with E-state index in [9.17, 15) is 18.8 Å². The number of methoxy groups -OCH3 is 2. The van der Waals surface area contributed by atoms with Crippen LogP contribution in [0.5, 0.6) is 11.6 Å². The number of anilines is 1. The third-order valence-electron chi connectivity index (χ3n) is 4.22. The van der Waals surface area contributed by atoms with Crippen LogP contribution in [-0.2, 0) is 11.3 Å². The van der Waals surface area contributed by atoms with Gasteiger partial charge in [-0.05, 0) is 24.3 Å². The quantitative estimate of drug-likeness (QED) is 0.656. The van der Waals surface area contributed by atoms with Crippen molar-refractivity contribution in [1.29, 1.82) is 0 Å². The Morgan fingerprint density at radius 2 is 1.90 bits per heavy atom. The molecule has 2 aromatic carbocycles. The maximum atomic E-state index is 14.4. The molecule has 3 rings (SSSR count). The van der Waals surface area contributed by atoms with Crippen LogP contribution in [0, 0.1) is 5.82 Å². The van der Waals surface area contributed by atoms with Gasteiger partial charge in [-0.25, -0.2) is 13.8 Å². The van der Waals surface area contributed by atoms with Gasteiger partial charge in [-0.1, -0.05) is 12.1 Å². The summed E-state index contributed by atoms with van der Waals surface area (Å²) in [4.78, 5) is 36.9. The number of rotatable bonds is 6. The van der Waals surface area contributed by atoms with Gasteiger partial charge in [0.05, 0.1) is 26.5 Å². The number of nitrogens with zero attached hydrogens (tertiary/aromatic N) is 3. The molecule has 0 bridgehead atoms. The minimum Gasteiger partial charge on any atom is -0.497 e. The molecule has 30 heavy (non-hydrogen) atoms. The maximum Gasteiger partial charge on any atom is 0.352 e. The molecule has 0 radical (unpaired) electrons. The number of benzene rings is 2. The van der Waals surface area contributed by atoms with Crippen molar-refractivity contribution in [2.75, 3.05) is 19.5 Å². The monoisotopic (exact) mass is 414 g/mol. The smallest absolute Gasteiger partial charge is 0.352 e. The van der Waals surface area contributed by atoms with Crippen molar-refractivity contribution in [3.8, 4) is 17.3 Å². The molecule has 0 unspecified atom stereocenters. The predicted molar refractivity (Wildman–Crippen MR) is 107 cm³/mol. The van der Waals surface area contributed by atoms with Crippen molar-refractivity contribution in [1.82, 2.24) is 14.3 Å². The van der Waals surface area contributed by atoms with Crippen molar-refractivity contribution < 1.29 is 18.7 Å². The van der Waals surface area contributed by atoms with Crippen LogP contribution in [0.3, 0.4) is 0 Å². The average Bonchev–Trinajstić information content (AvgIpc) is 2.72. The van der Waals surface area contributed by atoms with Crippen LogP contribution in [0.25, 0.3) is 5.69 Å². The summed E-state index contributed by atoms with van der Waals surface area (Å²) in [7, 11) is 2.64. The summed E-state index contributed by atoms with van der Waals surface area (Å²) in [6, 6.07) is 10.4. The SMILES string of the molecule is COc1ccc(Cn2c(=O)c(OC)nn(-c3cccc(NC(C)=O)c3)c2=O)c(F)c1. The number of amides is 1. The summed E-state index contributed by atoms with van der Waals surface area (Å²) in [6.45, 7) is 1.02. The highest BCUT2D eigenvalue weighted by atomic mass is 19.1. The molecule has 0 spiro atoms. The molecule has 0 aliphatic carbocycles. The molecule has 1 heterocycles. The van der Waals surface area contributed by atoms with Gasteiger partial charge in [-0.3, -0.25) is 9.59 Å². The highest BCUT2D eigenvalue weighted by molar-refractivity contribution is 5.88. The first-order valence-electron chi connectivity index (χ1n) is 8.82. The first-order chi connectivity index (χ1) is 14.3.